The fourth-order valence-electron chi connectivity index (χ4n) is 2.59. The van der Waals surface area contributed by atoms with Crippen molar-refractivity contribution in [3.05, 3.63) is 29.8 Å². The molecule has 0 saturated carbocycles. The number of amides is 2. The van der Waals surface area contributed by atoms with Gasteiger partial charge in [0.25, 0.3) is 0 Å². The van der Waals surface area contributed by atoms with E-state index in [-0.39, 0.29) is 25.0 Å². The number of imide groups is 1. The van der Waals surface area contributed by atoms with Gasteiger partial charge in [0.1, 0.15) is 18.1 Å². The van der Waals surface area contributed by atoms with E-state index < -0.39 is 0 Å². The summed E-state index contributed by atoms with van der Waals surface area (Å²) in [5.74, 6) is 1.03. The largest absolute Gasteiger partial charge is 0.490 e. The van der Waals surface area contributed by atoms with E-state index in [4.69, 9.17) is 9.26 Å². The molecule has 7 heteroatoms. The van der Waals surface area contributed by atoms with Gasteiger partial charge in [0, 0.05) is 12.8 Å². The molecular formula is C16H17N3O4. The first-order valence-corrected chi connectivity index (χ1v) is 7.41. The molecule has 0 aliphatic carbocycles. The normalized spacial score (nSPS) is 14.6. The van der Waals surface area contributed by atoms with Gasteiger partial charge in [0.15, 0.2) is 0 Å². The molecule has 0 N–H and O–H groups in total. The van der Waals surface area contributed by atoms with E-state index in [1.165, 1.54) is 4.90 Å². The van der Waals surface area contributed by atoms with Gasteiger partial charge in [-0.05, 0) is 26.0 Å². The van der Waals surface area contributed by atoms with Crippen molar-refractivity contribution in [3.63, 3.8) is 0 Å². The summed E-state index contributed by atoms with van der Waals surface area (Å²) in [5, 5.41) is 3.91. The van der Waals surface area contributed by atoms with Gasteiger partial charge >= 0.3 is 0 Å². The Kier molecular flexibility index (Phi) is 4.10. The minimum atomic E-state index is -0.134. The average Bonchev–Trinajstić information content (AvgIpc) is 3.04. The lowest BCUT2D eigenvalue weighted by Gasteiger charge is -2.14. The fourth-order valence-corrected chi connectivity index (χ4v) is 2.59. The minimum absolute atomic E-state index is 0.134. The van der Waals surface area contributed by atoms with Crippen molar-refractivity contribution in [2.75, 3.05) is 13.2 Å². The molecule has 0 radical (unpaired) electrons. The molecule has 7 nitrogen and oxygen atoms in total. The topological polar surface area (TPSA) is 85.5 Å². The van der Waals surface area contributed by atoms with Crippen LogP contribution in [0.1, 0.15) is 24.3 Å². The van der Waals surface area contributed by atoms with Crippen LogP contribution in [0.2, 0.25) is 0 Å². The molecule has 0 spiro atoms. The first-order valence-electron chi connectivity index (χ1n) is 7.41. The smallest absolute Gasteiger partial charge is 0.229 e. The summed E-state index contributed by atoms with van der Waals surface area (Å²) in [7, 11) is 0. The third-order valence-corrected chi connectivity index (χ3v) is 3.76. The number of aromatic nitrogens is 2. The molecule has 0 aromatic carbocycles. The summed E-state index contributed by atoms with van der Waals surface area (Å²) in [6.45, 7) is 4.22. The first kappa shape index (κ1) is 15.2. The molecule has 3 rings (SSSR count). The number of likely N-dealkylation sites (tertiary alicyclic amines) is 1. The lowest BCUT2D eigenvalue weighted by molar-refractivity contribution is -0.138. The van der Waals surface area contributed by atoms with Crippen molar-refractivity contribution in [1.29, 1.82) is 0 Å². The predicted octanol–water partition coefficient (Wildman–Crippen LogP) is 1.88. The lowest BCUT2D eigenvalue weighted by Crippen LogP contribution is -2.33. The van der Waals surface area contributed by atoms with Crippen LogP contribution in [-0.4, -0.2) is 40.0 Å². The van der Waals surface area contributed by atoms with Gasteiger partial charge in [-0.3, -0.25) is 19.5 Å². The molecule has 2 amide bonds. The summed E-state index contributed by atoms with van der Waals surface area (Å²) in [4.78, 5) is 28.6. The van der Waals surface area contributed by atoms with Gasteiger partial charge in [-0.15, -0.1) is 0 Å². The zero-order chi connectivity index (χ0) is 16.4. The fraction of sp³-hybridized carbons (Fsp3) is 0.375. The third-order valence-electron chi connectivity index (χ3n) is 3.76. The van der Waals surface area contributed by atoms with Crippen LogP contribution in [0.3, 0.4) is 0 Å². The van der Waals surface area contributed by atoms with E-state index in [2.05, 4.69) is 10.1 Å². The summed E-state index contributed by atoms with van der Waals surface area (Å²) in [6.07, 6.45) is 2.20. The maximum Gasteiger partial charge on any atom is 0.229 e. The Labute approximate surface area is 133 Å². The highest BCUT2D eigenvalue weighted by Crippen LogP contribution is 2.26. The molecule has 1 aliphatic rings. The standard InChI is InChI=1S/C16H17N3O4/c1-10-16(11(2)23-18-10)13-4-3-12(9-17-13)22-8-7-19-14(20)5-6-15(19)21/h3-4,9H,5-8H2,1-2H3. The molecule has 23 heavy (non-hydrogen) atoms. The second-order valence-corrected chi connectivity index (χ2v) is 5.37. The number of hydrogen-bond acceptors (Lipinski definition) is 6. The van der Waals surface area contributed by atoms with Crippen molar-refractivity contribution in [1.82, 2.24) is 15.0 Å². The second kappa shape index (κ2) is 6.20. The Hall–Kier alpha value is -2.70. The van der Waals surface area contributed by atoms with E-state index in [9.17, 15) is 9.59 Å². The summed E-state index contributed by atoms with van der Waals surface area (Å²) >= 11 is 0. The van der Waals surface area contributed by atoms with E-state index >= 15 is 0 Å². The van der Waals surface area contributed by atoms with Crippen LogP contribution in [-0.2, 0) is 9.59 Å². The quantitative estimate of drug-likeness (QED) is 0.783. The lowest BCUT2D eigenvalue weighted by atomic mass is 10.1. The van der Waals surface area contributed by atoms with Crippen molar-refractivity contribution in [2.24, 2.45) is 0 Å². The van der Waals surface area contributed by atoms with Crippen molar-refractivity contribution < 1.29 is 18.8 Å². The highest BCUT2D eigenvalue weighted by atomic mass is 16.5. The summed E-state index contributed by atoms with van der Waals surface area (Å²) in [6, 6.07) is 3.62. The summed E-state index contributed by atoms with van der Waals surface area (Å²) in [5.41, 5.74) is 2.43. The monoisotopic (exact) mass is 315 g/mol. The SMILES string of the molecule is Cc1noc(C)c1-c1ccc(OCCN2C(=O)CCC2=O)cn1. The van der Waals surface area contributed by atoms with Crippen LogP contribution in [0, 0.1) is 13.8 Å². The Morgan fingerprint density at radius 1 is 1.22 bits per heavy atom. The van der Waals surface area contributed by atoms with Crippen LogP contribution in [0.5, 0.6) is 5.75 Å². The predicted molar refractivity (Wildman–Crippen MR) is 80.7 cm³/mol. The van der Waals surface area contributed by atoms with E-state index in [0.29, 0.717) is 18.6 Å². The molecule has 1 fully saturated rings. The number of rotatable bonds is 5. The van der Waals surface area contributed by atoms with E-state index in [1.807, 2.05) is 19.9 Å². The number of hydrogen-bond donors (Lipinski definition) is 0. The maximum absolute atomic E-state index is 11.5. The molecule has 1 aliphatic heterocycles. The molecular weight excluding hydrogens is 298 g/mol. The second-order valence-electron chi connectivity index (χ2n) is 5.37. The number of pyridine rings is 1. The zero-order valence-electron chi connectivity index (χ0n) is 13.0. The molecule has 1 saturated heterocycles. The van der Waals surface area contributed by atoms with Crippen LogP contribution >= 0.6 is 0 Å². The number of carbonyl (C=O) groups excluding carboxylic acids is 2. The third kappa shape index (κ3) is 3.08. The van der Waals surface area contributed by atoms with Crippen LogP contribution < -0.4 is 4.74 Å². The average molecular weight is 315 g/mol. The Balaban J connectivity index is 1.60. The number of carbonyl (C=O) groups is 2. The molecule has 120 valence electrons. The van der Waals surface area contributed by atoms with E-state index in [1.54, 1.807) is 12.3 Å². The van der Waals surface area contributed by atoms with Crippen molar-refractivity contribution in [2.45, 2.75) is 26.7 Å². The molecule has 2 aromatic rings. The minimum Gasteiger partial charge on any atom is -0.490 e. The van der Waals surface area contributed by atoms with Gasteiger partial charge < -0.3 is 9.26 Å². The molecule has 3 heterocycles. The molecule has 0 atom stereocenters. The zero-order valence-corrected chi connectivity index (χ0v) is 13.0. The maximum atomic E-state index is 11.5. The van der Waals surface area contributed by atoms with Crippen molar-refractivity contribution in [3.8, 4) is 17.0 Å². The van der Waals surface area contributed by atoms with Crippen LogP contribution in [0.25, 0.3) is 11.3 Å². The number of nitrogens with zero attached hydrogens (tertiary/aromatic N) is 3. The van der Waals surface area contributed by atoms with Gasteiger partial charge in [-0.2, -0.15) is 0 Å². The molecule has 0 bridgehead atoms. The van der Waals surface area contributed by atoms with Gasteiger partial charge in [0.05, 0.1) is 29.7 Å². The van der Waals surface area contributed by atoms with Gasteiger partial charge in [-0.25, -0.2) is 0 Å². The van der Waals surface area contributed by atoms with E-state index in [0.717, 1.165) is 22.7 Å². The Morgan fingerprint density at radius 2 is 1.96 bits per heavy atom. The Morgan fingerprint density at radius 3 is 2.52 bits per heavy atom. The number of aryl methyl sites for hydroxylation is 2. The Bertz CT molecular complexity index is 701. The van der Waals surface area contributed by atoms with Crippen LogP contribution in [0.15, 0.2) is 22.9 Å². The highest BCUT2D eigenvalue weighted by molar-refractivity contribution is 6.01. The van der Waals surface area contributed by atoms with Gasteiger partial charge in [0.2, 0.25) is 11.8 Å². The van der Waals surface area contributed by atoms with Gasteiger partial charge in [-0.1, -0.05) is 5.16 Å². The molecule has 2 aromatic heterocycles. The highest BCUT2D eigenvalue weighted by Gasteiger charge is 2.28. The van der Waals surface area contributed by atoms with Crippen LogP contribution in [0.4, 0.5) is 0 Å². The molecule has 0 unspecified atom stereocenters. The summed E-state index contributed by atoms with van der Waals surface area (Å²) < 4.78 is 10.7. The van der Waals surface area contributed by atoms with Crippen molar-refractivity contribution >= 4 is 11.8 Å². The number of ether oxygens (including phenoxy) is 1. The first-order chi connectivity index (χ1) is 11.1.